The molecule has 2 aliphatic rings. The molecule has 0 saturated carbocycles. The number of ether oxygens (including phenoxy) is 2. The van der Waals surface area contributed by atoms with Crippen LogP contribution in [0, 0.1) is 20.2 Å². The van der Waals surface area contributed by atoms with Crippen molar-refractivity contribution in [2.75, 3.05) is 13.2 Å². The first-order valence-corrected chi connectivity index (χ1v) is 4.89. The molecule has 2 fully saturated rings. The lowest BCUT2D eigenvalue weighted by Crippen LogP contribution is -2.36. The Balaban J connectivity index is 2.22. The number of hydrogen-bond acceptors (Lipinski definition) is 8. The third-order valence-corrected chi connectivity index (χ3v) is 2.30. The first-order valence-electron chi connectivity index (χ1n) is 4.89. The highest BCUT2D eigenvalue weighted by Crippen LogP contribution is 2.16. The summed E-state index contributed by atoms with van der Waals surface area (Å²) in [6.07, 6.45) is -0.600. The van der Waals surface area contributed by atoms with Gasteiger partial charge in [0, 0.05) is 0 Å². The Morgan fingerprint density at radius 2 is 1.59 bits per heavy atom. The number of nitrogens with zero attached hydrogens (tertiary/aromatic N) is 2. The van der Waals surface area contributed by atoms with Crippen molar-refractivity contribution in [1.29, 1.82) is 0 Å². The smallest absolute Gasteiger partial charge is 0.354 e. The van der Waals surface area contributed by atoms with Crippen molar-refractivity contribution in [3.05, 3.63) is 31.9 Å². The van der Waals surface area contributed by atoms with Gasteiger partial charge < -0.3 is 20.1 Å². The molecule has 2 aliphatic heterocycles. The largest absolute Gasteiger partial charge is 0.599 e. The first-order chi connectivity index (χ1) is 8.09. The second kappa shape index (κ2) is 4.51. The Bertz CT molecular complexity index is 351. The van der Waals surface area contributed by atoms with E-state index in [1.807, 2.05) is 0 Å². The SMILES string of the molecule is O=[N+]([O-])C(=C1NC2OCCCOC2N1)[N+](=O)[O-]. The minimum absolute atomic E-state index is 0.295. The second-order valence-electron chi connectivity index (χ2n) is 3.44. The monoisotopic (exact) mass is 246 g/mol. The molecule has 10 heteroatoms. The van der Waals surface area contributed by atoms with Gasteiger partial charge in [-0.15, -0.1) is 0 Å². The highest BCUT2D eigenvalue weighted by molar-refractivity contribution is 5.06. The fraction of sp³-hybridized carbons (Fsp3) is 0.714. The molecular formula is C7H10N4O6. The van der Waals surface area contributed by atoms with Crippen LogP contribution in [-0.2, 0) is 9.47 Å². The summed E-state index contributed by atoms with van der Waals surface area (Å²) in [4.78, 5) is 19.0. The number of nitro groups is 2. The molecule has 0 aromatic carbocycles. The quantitative estimate of drug-likeness (QED) is 0.466. The van der Waals surface area contributed by atoms with E-state index in [-0.39, 0.29) is 5.82 Å². The van der Waals surface area contributed by atoms with Crippen LogP contribution in [0.4, 0.5) is 0 Å². The summed E-state index contributed by atoms with van der Waals surface area (Å²) in [5, 5.41) is 26.2. The van der Waals surface area contributed by atoms with Crippen LogP contribution in [0.5, 0.6) is 0 Å². The van der Waals surface area contributed by atoms with Gasteiger partial charge >= 0.3 is 5.82 Å². The molecule has 10 nitrogen and oxygen atoms in total. The number of hydrogen-bond donors (Lipinski definition) is 2. The Morgan fingerprint density at radius 1 is 1.12 bits per heavy atom. The molecule has 2 N–H and O–H groups in total. The molecule has 0 amide bonds. The van der Waals surface area contributed by atoms with Crippen LogP contribution in [0.3, 0.4) is 0 Å². The van der Waals surface area contributed by atoms with Gasteiger partial charge in [0.05, 0.1) is 13.2 Å². The van der Waals surface area contributed by atoms with E-state index in [4.69, 9.17) is 9.47 Å². The third kappa shape index (κ3) is 2.26. The number of fused-ring (bicyclic) bond motifs is 1. The molecule has 2 saturated heterocycles. The van der Waals surface area contributed by atoms with Crippen molar-refractivity contribution in [2.24, 2.45) is 0 Å². The van der Waals surface area contributed by atoms with Crippen molar-refractivity contribution in [3.8, 4) is 0 Å². The molecule has 94 valence electrons. The van der Waals surface area contributed by atoms with Crippen LogP contribution >= 0.6 is 0 Å². The van der Waals surface area contributed by atoms with Gasteiger partial charge in [-0.05, 0) is 6.42 Å². The van der Waals surface area contributed by atoms with Gasteiger partial charge in [-0.2, -0.15) is 0 Å². The molecule has 0 aromatic rings. The second-order valence-corrected chi connectivity index (χ2v) is 3.44. The van der Waals surface area contributed by atoms with E-state index in [9.17, 15) is 20.2 Å². The predicted molar refractivity (Wildman–Crippen MR) is 51.4 cm³/mol. The fourth-order valence-electron chi connectivity index (χ4n) is 1.59. The maximum absolute atomic E-state index is 10.5. The normalized spacial score (nSPS) is 27.4. The maximum Gasteiger partial charge on any atom is 0.599 e. The summed E-state index contributed by atoms with van der Waals surface area (Å²) in [7, 11) is 0. The minimum Gasteiger partial charge on any atom is -0.354 e. The van der Waals surface area contributed by atoms with E-state index < -0.39 is 28.1 Å². The summed E-state index contributed by atoms with van der Waals surface area (Å²) < 4.78 is 10.6. The lowest BCUT2D eigenvalue weighted by molar-refractivity contribution is -0.618. The Hall–Kier alpha value is -1.94. The average molecular weight is 246 g/mol. The summed E-state index contributed by atoms with van der Waals surface area (Å²) >= 11 is 0. The molecule has 2 unspecified atom stereocenters. The Morgan fingerprint density at radius 3 is 2.00 bits per heavy atom. The molecular weight excluding hydrogens is 236 g/mol. The van der Waals surface area contributed by atoms with E-state index in [1.165, 1.54) is 0 Å². The Kier molecular flexibility index (Phi) is 3.06. The van der Waals surface area contributed by atoms with E-state index in [1.54, 1.807) is 0 Å². The van der Waals surface area contributed by atoms with Gasteiger partial charge in [0.1, 0.15) is 9.85 Å². The lowest BCUT2D eigenvalue weighted by Gasteiger charge is -2.13. The molecule has 2 rings (SSSR count). The van der Waals surface area contributed by atoms with Crippen molar-refractivity contribution in [1.82, 2.24) is 10.6 Å². The van der Waals surface area contributed by atoms with Crippen molar-refractivity contribution >= 4 is 0 Å². The van der Waals surface area contributed by atoms with Gasteiger partial charge in [0.2, 0.25) is 0 Å². The summed E-state index contributed by atoms with van der Waals surface area (Å²) in [6.45, 7) is 0.852. The molecule has 17 heavy (non-hydrogen) atoms. The fourth-order valence-corrected chi connectivity index (χ4v) is 1.59. The Labute approximate surface area is 94.9 Å². The summed E-state index contributed by atoms with van der Waals surface area (Å²) in [6, 6.07) is 0. The topological polar surface area (TPSA) is 129 Å². The predicted octanol–water partition coefficient (Wildman–Crippen LogP) is -1.05. The van der Waals surface area contributed by atoms with Gasteiger partial charge in [0.25, 0.3) is 5.82 Å². The van der Waals surface area contributed by atoms with E-state index >= 15 is 0 Å². The van der Waals surface area contributed by atoms with Gasteiger partial charge in [0.15, 0.2) is 12.5 Å². The van der Waals surface area contributed by atoms with Crippen LogP contribution in [0.15, 0.2) is 11.6 Å². The van der Waals surface area contributed by atoms with Gasteiger partial charge in [-0.25, -0.2) is 0 Å². The van der Waals surface area contributed by atoms with Crippen molar-refractivity contribution in [3.63, 3.8) is 0 Å². The molecule has 0 radical (unpaired) electrons. The maximum atomic E-state index is 10.5. The highest BCUT2D eigenvalue weighted by Gasteiger charge is 2.42. The van der Waals surface area contributed by atoms with Gasteiger partial charge in [-0.3, -0.25) is 20.2 Å². The van der Waals surface area contributed by atoms with Crippen LogP contribution < -0.4 is 10.6 Å². The lowest BCUT2D eigenvalue weighted by atomic mass is 10.5. The van der Waals surface area contributed by atoms with E-state index in [0.29, 0.717) is 19.6 Å². The molecule has 0 bridgehead atoms. The molecule has 0 aliphatic carbocycles. The van der Waals surface area contributed by atoms with Crippen LogP contribution in [-0.4, -0.2) is 35.5 Å². The number of rotatable bonds is 2. The highest BCUT2D eigenvalue weighted by atomic mass is 16.7. The first kappa shape index (κ1) is 11.5. The zero-order valence-electron chi connectivity index (χ0n) is 8.62. The zero-order valence-corrected chi connectivity index (χ0v) is 8.62. The van der Waals surface area contributed by atoms with Crippen molar-refractivity contribution in [2.45, 2.75) is 18.9 Å². The van der Waals surface area contributed by atoms with E-state index in [2.05, 4.69) is 10.6 Å². The third-order valence-electron chi connectivity index (χ3n) is 2.30. The molecule has 2 heterocycles. The zero-order chi connectivity index (χ0) is 12.4. The standard InChI is InChI=1S/C7H10N4O6/c12-10(13)7(11(14)15)4-8-5-6(9-4)17-3-1-2-16-5/h5-6,8-9H,1-3H2. The average Bonchev–Trinajstić information content (AvgIpc) is 2.48. The van der Waals surface area contributed by atoms with Crippen molar-refractivity contribution < 1.29 is 19.3 Å². The van der Waals surface area contributed by atoms with Crippen LogP contribution in [0.25, 0.3) is 0 Å². The minimum atomic E-state index is -1.15. The number of nitrogens with one attached hydrogen (secondary N) is 2. The molecule has 2 atom stereocenters. The van der Waals surface area contributed by atoms with Crippen LogP contribution in [0.1, 0.15) is 6.42 Å². The van der Waals surface area contributed by atoms with Gasteiger partial charge in [-0.1, -0.05) is 0 Å². The van der Waals surface area contributed by atoms with Crippen LogP contribution in [0.2, 0.25) is 0 Å². The van der Waals surface area contributed by atoms with E-state index in [0.717, 1.165) is 0 Å². The molecule has 0 spiro atoms. The summed E-state index contributed by atoms with van der Waals surface area (Å²) in [5.41, 5.74) is 0. The molecule has 0 aromatic heterocycles. The summed E-state index contributed by atoms with van der Waals surface area (Å²) in [5.74, 6) is -1.44.